The average Bonchev–Trinajstić information content (AvgIpc) is 3.23. The van der Waals surface area contributed by atoms with Crippen LogP contribution >= 0.6 is 0 Å². The molecule has 1 saturated heterocycles. The van der Waals surface area contributed by atoms with Crippen molar-refractivity contribution in [2.24, 2.45) is 0 Å². The van der Waals surface area contributed by atoms with Crippen LogP contribution in [-0.4, -0.2) is 41.5 Å². The smallest absolute Gasteiger partial charge is 0.352 e. The third kappa shape index (κ3) is 2.97. The first-order chi connectivity index (χ1) is 11.4. The predicted molar refractivity (Wildman–Crippen MR) is 89.6 cm³/mol. The van der Waals surface area contributed by atoms with Gasteiger partial charge in [-0.1, -0.05) is 30.3 Å². The van der Waals surface area contributed by atoms with Gasteiger partial charge >= 0.3 is 5.97 Å². The van der Waals surface area contributed by atoms with Crippen LogP contribution < -0.4 is 0 Å². The number of carbonyl (C=O) groups is 1. The molecule has 0 bridgehead atoms. The summed E-state index contributed by atoms with van der Waals surface area (Å²) in [6.07, 6.45) is 2.18. The van der Waals surface area contributed by atoms with Gasteiger partial charge in [-0.3, -0.25) is 0 Å². The normalized spacial score (nSPS) is 18.8. The van der Waals surface area contributed by atoms with Gasteiger partial charge in [0.25, 0.3) is 0 Å². The van der Waals surface area contributed by atoms with Gasteiger partial charge in [0.2, 0.25) is 10.0 Å². The highest BCUT2D eigenvalue weighted by atomic mass is 32.2. The average molecular weight is 348 g/mol. The lowest BCUT2D eigenvalue weighted by Gasteiger charge is -2.15. The number of carboxylic acid groups (broad SMARTS) is 1. The number of aryl methyl sites for hydroxylation is 1. The molecule has 1 atom stereocenters. The van der Waals surface area contributed by atoms with Crippen molar-refractivity contribution < 1.29 is 18.3 Å². The Hall–Kier alpha value is -2.12. The summed E-state index contributed by atoms with van der Waals surface area (Å²) in [5.41, 5.74) is 1.13. The fourth-order valence-electron chi connectivity index (χ4n) is 3.16. The molecule has 0 aliphatic carbocycles. The van der Waals surface area contributed by atoms with Gasteiger partial charge in [-0.05, 0) is 30.9 Å². The first kappa shape index (κ1) is 16.7. The summed E-state index contributed by atoms with van der Waals surface area (Å²) in [7, 11) is -3.68. The first-order valence-electron chi connectivity index (χ1n) is 7.92. The molecule has 1 aromatic heterocycles. The van der Waals surface area contributed by atoms with Crippen molar-refractivity contribution >= 4 is 16.0 Å². The van der Waals surface area contributed by atoms with Crippen LogP contribution in [0.2, 0.25) is 0 Å². The summed E-state index contributed by atoms with van der Waals surface area (Å²) >= 11 is 0. The van der Waals surface area contributed by atoms with E-state index in [1.807, 2.05) is 30.3 Å². The highest BCUT2D eigenvalue weighted by molar-refractivity contribution is 7.89. The molecular formula is C17H20N2O4S. The Morgan fingerprint density at radius 2 is 2.00 bits per heavy atom. The standard InChI is InChI=1S/C17H20N2O4S/c1-2-18-12-15(10-16(18)17(20)21)24(22,23)19-9-8-14(11-19)13-6-4-3-5-7-13/h3-7,10,12,14H,2,8-9,11H2,1H3,(H,20,21). The van der Waals surface area contributed by atoms with Crippen LogP contribution in [0.5, 0.6) is 0 Å². The number of rotatable bonds is 5. The van der Waals surface area contributed by atoms with E-state index in [0.717, 1.165) is 12.0 Å². The maximum Gasteiger partial charge on any atom is 0.352 e. The molecule has 0 spiro atoms. The lowest BCUT2D eigenvalue weighted by atomic mass is 9.99. The van der Waals surface area contributed by atoms with E-state index >= 15 is 0 Å². The number of aromatic carboxylic acids is 1. The van der Waals surface area contributed by atoms with Gasteiger partial charge in [-0.25, -0.2) is 13.2 Å². The topological polar surface area (TPSA) is 79.6 Å². The van der Waals surface area contributed by atoms with Crippen LogP contribution in [0.15, 0.2) is 47.5 Å². The monoisotopic (exact) mass is 348 g/mol. The van der Waals surface area contributed by atoms with Crippen LogP contribution in [0.25, 0.3) is 0 Å². The largest absolute Gasteiger partial charge is 0.477 e. The zero-order chi connectivity index (χ0) is 17.3. The fourth-order valence-corrected chi connectivity index (χ4v) is 4.70. The van der Waals surface area contributed by atoms with Crippen molar-refractivity contribution in [1.82, 2.24) is 8.87 Å². The third-order valence-corrected chi connectivity index (χ3v) is 6.32. The van der Waals surface area contributed by atoms with Gasteiger partial charge in [0, 0.05) is 25.8 Å². The molecular weight excluding hydrogens is 328 g/mol. The van der Waals surface area contributed by atoms with Gasteiger partial charge in [-0.2, -0.15) is 4.31 Å². The number of sulfonamides is 1. The predicted octanol–water partition coefficient (Wildman–Crippen LogP) is 2.38. The highest BCUT2D eigenvalue weighted by Crippen LogP contribution is 2.31. The Labute approximate surface area is 141 Å². The minimum Gasteiger partial charge on any atom is -0.477 e. The Balaban J connectivity index is 1.85. The molecule has 1 aliphatic heterocycles. The van der Waals surface area contributed by atoms with Gasteiger partial charge in [0.1, 0.15) is 10.6 Å². The molecule has 2 heterocycles. The highest BCUT2D eigenvalue weighted by Gasteiger charge is 2.34. The van der Waals surface area contributed by atoms with Gasteiger partial charge < -0.3 is 9.67 Å². The molecule has 128 valence electrons. The molecule has 1 aromatic carbocycles. The minimum atomic E-state index is -3.68. The van der Waals surface area contributed by atoms with E-state index in [-0.39, 0.29) is 16.5 Å². The van der Waals surface area contributed by atoms with E-state index in [2.05, 4.69) is 0 Å². The molecule has 1 unspecified atom stereocenters. The molecule has 3 rings (SSSR count). The summed E-state index contributed by atoms with van der Waals surface area (Å²) in [5.74, 6) is -0.949. The number of carboxylic acids is 1. The Morgan fingerprint density at radius 1 is 1.29 bits per heavy atom. The van der Waals surface area contributed by atoms with Gasteiger partial charge in [0.15, 0.2) is 0 Å². The first-order valence-corrected chi connectivity index (χ1v) is 9.36. The van der Waals surface area contributed by atoms with Gasteiger partial charge in [0.05, 0.1) is 0 Å². The summed E-state index contributed by atoms with van der Waals surface area (Å²) in [6, 6.07) is 11.1. The quantitative estimate of drug-likeness (QED) is 0.900. The maximum absolute atomic E-state index is 12.8. The summed E-state index contributed by atoms with van der Waals surface area (Å²) in [6.45, 7) is 3.06. The second-order valence-corrected chi connectivity index (χ2v) is 7.85. The zero-order valence-corrected chi connectivity index (χ0v) is 14.2. The van der Waals surface area contributed by atoms with Crippen molar-refractivity contribution in [3.8, 4) is 0 Å². The van der Waals surface area contributed by atoms with Crippen LogP contribution in [-0.2, 0) is 16.6 Å². The molecule has 1 N–H and O–H groups in total. The van der Waals surface area contributed by atoms with E-state index in [1.165, 1.54) is 21.1 Å². The summed E-state index contributed by atoms with van der Waals surface area (Å²) in [4.78, 5) is 11.3. The Kier molecular flexibility index (Phi) is 4.47. The lowest BCUT2D eigenvalue weighted by Crippen LogP contribution is -2.28. The molecule has 1 aliphatic rings. The van der Waals surface area contributed by atoms with E-state index in [4.69, 9.17) is 0 Å². The molecule has 0 saturated carbocycles. The molecule has 2 aromatic rings. The van der Waals surface area contributed by atoms with Crippen LogP contribution in [0.1, 0.15) is 35.3 Å². The fraction of sp³-hybridized carbons (Fsp3) is 0.353. The van der Waals surface area contributed by atoms with Crippen molar-refractivity contribution in [3.05, 3.63) is 53.9 Å². The van der Waals surface area contributed by atoms with Gasteiger partial charge in [-0.15, -0.1) is 0 Å². The molecule has 0 radical (unpaired) electrons. The molecule has 24 heavy (non-hydrogen) atoms. The number of hydrogen-bond acceptors (Lipinski definition) is 3. The Morgan fingerprint density at radius 3 is 2.58 bits per heavy atom. The third-order valence-electron chi connectivity index (χ3n) is 4.49. The Bertz CT molecular complexity index is 843. The maximum atomic E-state index is 12.8. The zero-order valence-electron chi connectivity index (χ0n) is 13.4. The van der Waals surface area contributed by atoms with Crippen molar-refractivity contribution in [2.45, 2.75) is 30.7 Å². The number of hydrogen-bond donors (Lipinski definition) is 1. The summed E-state index contributed by atoms with van der Waals surface area (Å²) < 4.78 is 28.6. The molecule has 7 heteroatoms. The van der Waals surface area contributed by atoms with Crippen molar-refractivity contribution in [1.29, 1.82) is 0 Å². The minimum absolute atomic E-state index is 0.00474. The van der Waals surface area contributed by atoms with Crippen LogP contribution in [0.3, 0.4) is 0 Å². The van der Waals surface area contributed by atoms with Crippen LogP contribution in [0.4, 0.5) is 0 Å². The molecule has 0 amide bonds. The lowest BCUT2D eigenvalue weighted by molar-refractivity contribution is 0.0685. The SMILES string of the molecule is CCn1cc(S(=O)(=O)N2CCC(c3ccccc3)C2)cc1C(=O)O. The number of aromatic nitrogens is 1. The van der Waals surface area contributed by atoms with E-state index in [1.54, 1.807) is 6.92 Å². The second kappa shape index (κ2) is 6.41. The van der Waals surface area contributed by atoms with Crippen molar-refractivity contribution in [2.75, 3.05) is 13.1 Å². The number of nitrogens with zero attached hydrogens (tertiary/aromatic N) is 2. The second-order valence-electron chi connectivity index (χ2n) is 5.91. The van der Waals surface area contributed by atoms with E-state index in [9.17, 15) is 18.3 Å². The van der Waals surface area contributed by atoms with Crippen molar-refractivity contribution in [3.63, 3.8) is 0 Å². The summed E-state index contributed by atoms with van der Waals surface area (Å²) in [5, 5.41) is 9.20. The molecule has 6 nitrogen and oxygen atoms in total. The van der Waals surface area contributed by atoms with Crippen LogP contribution in [0, 0.1) is 0 Å². The number of benzene rings is 1. The van der Waals surface area contributed by atoms with E-state index < -0.39 is 16.0 Å². The van der Waals surface area contributed by atoms with E-state index in [0.29, 0.717) is 19.6 Å². The molecule has 1 fully saturated rings.